The Balaban J connectivity index is 2.93. The molecule has 7 heteroatoms. The fourth-order valence-electron chi connectivity index (χ4n) is 1.30. The van der Waals surface area contributed by atoms with Crippen LogP contribution in [0.4, 0.5) is 5.69 Å². The molecule has 0 bridgehead atoms. The highest BCUT2D eigenvalue weighted by atomic mass is 35.5. The van der Waals surface area contributed by atoms with Crippen molar-refractivity contribution in [2.24, 2.45) is 5.92 Å². The second kappa shape index (κ2) is 6.02. The highest BCUT2D eigenvalue weighted by Crippen LogP contribution is 2.23. The highest BCUT2D eigenvalue weighted by Gasteiger charge is 2.24. The maximum atomic E-state index is 11.1. The van der Waals surface area contributed by atoms with Crippen molar-refractivity contribution in [2.45, 2.75) is 26.3 Å². The summed E-state index contributed by atoms with van der Waals surface area (Å²) in [7, 11) is 0. The second-order valence-corrected chi connectivity index (χ2v) is 4.46. The van der Waals surface area contributed by atoms with Crippen LogP contribution in [0, 0.1) is 5.92 Å². The molecule has 0 radical (unpaired) electrons. The van der Waals surface area contributed by atoms with Crippen LogP contribution in [0.15, 0.2) is 6.07 Å². The van der Waals surface area contributed by atoms with E-state index < -0.39 is 12.0 Å². The Bertz CT molecular complexity index is 415. The van der Waals surface area contributed by atoms with Gasteiger partial charge in [0.15, 0.2) is 10.3 Å². The smallest absolute Gasteiger partial charge is 0.326 e. The summed E-state index contributed by atoms with van der Waals surface area (Å²) >= 11 is 11.5. The Morgan fingerprint density at radius 2 is 2.18 bits per heavy atom. The van der Waals surface area contributed by atoms with Crippen molar-refractivity contribution in [1.29, 1.82) is 0 Å². The number of anilines is 1. The maximum Gasteiger partial charge on any atom is 0.326 e. The molecule has 2 N–H and O–H groups in total. The van der Waals surface area contributed by atoms with Crippen molar-refractivity contribution in [1.82, 2.24) is 10.2 Å². The van der Waals surface area contributed by atoms with Gasteiger partial charge in [-0.1, -0.05) is 43.5 Å². The third kappa shape index (κ3) is 3.71. The number of carboxylic acids is 1. The molecule has 17 heavy (non-hydrogen) atoms. The molecule has 1 aromatic heterocycles. The zero-order chi connectivity index (χ0) is 13.0. The summed E-state index contributed by atoms with van der Waals surface area (Å²) in [5.41, 5.74) is 0.374. The van der Waals surface area contributed by atoms with E-state index in [0.29, 0.717) is 5.69 Å². The van der Waals surface area contributed by atoms with Gasteiger partial charge in [-0.15, -0.1) is 10.2 Å². The summed E-state index contributed by atoms with van der Waals surface area (Å²) in [4.78, 5) is 11.1. The number of nitrogens with zero attached hydrogens (tertiary/aromatic N) is 2. The fraction of sp³-hybridized carbons (Fsp3) is 0.500. The van der Waals surface area contributed by atoms with Crippen LogP contribution >= 0.6 is 23.2 Å². The van der Waals surface area contributed by atoms with Crippen molar-refractivity contribution in [2.75, 3.05) is 5.32 Å². The molecule has 0 unspecified atom stereocenters. The third-order valence-corrected chi connectivity index (χ3v) is 2.97. The van der Waals surface area contributed by atoms with Gasteiger partial charge in [-0.05, 0) is 5.92 Å². The van der Waals surface area contributed by atoms with E-state index in [9.17, 15) is 4.79 Å². The zero-order valence-corrected chi connectivity index (χ0v) is 11.0. The molecule has 2 atom stereocenters. The fourth-order valence-corrected chi connectivity index (χ4v) is 1.60. The van der Waals surface area contributed by atoms with Crippen molar-refractivity contribution in [3.05, 3.63) is 16.4 Å². The number of aromatic nitrogens is 2. The number of nitrogens with one attached hydrogen (secondary N) is 1. The van der Waals surface area contributed by atoms with E-state index in [0.717, 1.165) is 6.42 Å². The van der Waals surface area contributed by atoms with Crippen LogP contribution < -0.4 is 5.32 Å². The largest absolute Gasteiger partial charge is 0.480 e. The molecular formula is C10H13Cl2N3O2. The minimum absolute atomic E-state index is 0.0458. The Morgan fingerprint density at radius 1 is 1.53 bits per heavy atom. The van der Waals surface area contributed by atoms with Crippen LogP contribution in [-0.4, -0.2) is 27.3 Å². The normalized spacial score (nSPS) is 14.1. The quantitative estimate of drug-likeness (QED) is 0.866. The lowest BCUT2D eigenvalue weighted by molar-refractivity contribution is -0.139. The molecule has 0 spiro atoms. The van der Waals surface area contributed by atoms with Gasteiger partial charge in [-0.3, -0.25) is 0 Å². The number of carboxylic acid groups (broad SMARTS) is 1. The monoisotopic (exact) mass is 277 g/mol. The molecule has 1 aromatic rings. The van der Waals surface area contributed by atoms with E-state index in [1.54, 1.807) is 0 Å². The molecule has 0 fully saturated rings. The van der Waals surface area contributed by atoms with E-state index in [-0.39, 0.29) is 16.2 Å². The SMILES string of the molecule is CC[C@H](C)[C@H](Nc1cc(Cl)nnc1Cl)C(=O)O. The predicted octanol–water partition coefficient (Wildman–Crippen LogP) is 2.69. The first-order valence-corrected chi connectivity index (χ1v) is 5.89. The van der Waals surface area contributed by atoms with Crippen LogP contribution in [0.1, 0.15) is 20.3 Å². The zero-order valence-electron chi connectivity index (χ0n) is 9.44. The van der Waals surface area contributed by atoms with Crippen molar-refractivity contribution in [3.63, 3.8) is 0 Å². The molecular weight excluding hydrogens is 265 g/mol. The summed E-state index contributed by atoms with van der Waals surface area (Å²) in [6, 6.07) is 0.715. The average Bonchev–Trinajstić information content (AvgIpc) is 2.28. The van der Waals surface area contributed by atoms with Crippen LogP contribution in [0.3, 0.4) is 0 Å². The van der Waals surface area contributed by atoms with Crippen LogP contribution in [-0.2, 0) is 4.79 Å². The number of carbonyl (C=O) groups is 1. The summed E-state index contributed by atoms with van der Waals surface area (Å²) in [6.07, 6.45) is 0.730. The first-order chi connectivity index (χ1) is 7.95. The van der Waals surface area contributed by atoms with Gasteiger partial charge < -0.3 is 10.4 Å². The lowest BCUT2D eigenvalue weighted by atomic mass is 9.99. The van der Waals surface area contributed by atoms with Gasteiger partial charge >= 0.3 is 5.97 Å². The van der Waals surface area contributed by atoms with E-state index in [2.05, 4.69) is 15.5 Å². The second-order valence-electron chi connectivity index (χ2n) is 3.72. The average molecular weight is 278 g/mol. The van der Waals surface area contributed by atoms with Gasteiger partial charge in [0.1, 0.15) is 6.04 Å². The molecule has 1 rings (SSSR count). The van der Waals surface area contributed by atoms with E-state index in [4.69, 9.17) is 28.3 Å². The molecule has 0 aliphatic heterocycles. The molecule has 0 aromatic carbocycles. The first-order valence-electron chi connectivity index (χ1n) is 5.13. The Morgan fingerprint density at radius 3 is 2.71 bits per heavy atom. The standard InChI is InChI=1S/C10H13Cl2N3O2/c1-3-5(2)8(10(16)17)13-6-4-7(11)14-15-9(6)12/h4-5,8H,3H2,1-2H3,(H,13,14)(H,16,17)/t5-,8-/m0/s1. The van der Waals surface area contributed by atoms with Crippen molar-refractivity contribution in [3.8, 4) is 0 Å². The minimum Gasteiger partial charge on any atom is -0.480 e. The molecule has 0 saturated carbocycles. The molecule has 0 saturated heterocycles. The van der Waals surface area contributed by atoms with Gasteiger partial charge in [0.25, 0.3) is 0 Å². The number of aliphatic carboxylic acids is 1. The molecule has 0 aliphatic carbocycles. The summed E-state index contributed by atoms with van der Waals surface area (Å²) in [6.45, 7) is 3.76. The van der Waals surface area contributed by atoms with E-state index in [1.165, 1.54) is 6.07 Å². The predicted molar refractivity (Wildman–Crippen MR) is 66.6 cm³/mol. The topological polar surface area (TPSA) is 75.1 Å². The molecule has 0 amide bonds. The van der Waals surface area contributed by atoms with Crippen LogP contribution in [0.2, 0.25) is 10.3 Å². The third-order valence-electron chi connectivity index (χ3n) is 2.51. The lowest BCUT2D eigenvalue weighted by Crippen LogP contribution is -2.35. The number of hydrogen-bond donors (Lipinski definition) is 2. The molecule has 0 aliphatic rings. The van der Waals surface area contributed by atoms with E-state index in [1.807, 2.05) is 13.8 Å². The van der Waals surface area contributed by atoms with Crippen molar-refractivity contribution < 1.29 is 9.90 Å². The summed E-state index contributed by atoms with van der Waals surface area (Å²) in [5.74, 6) is -0.987. The number of rotatable bonds is 5. The molecule has 94 valence electrons. The van der Waals surface area contributed by atoms with Crippen LogP contribution in [0.5, 0.6) is 0 Å². The van der Waals surface area contributed by atoms with Gasteiger partial charge in [-0.25, -0.2) is 4.79 Å². The number of halogens is 2. The van der Waals surface area contributed by atoms with Gasteiger partial charge in [0.2, 0.25) is 0 Å². The van der Waals surface area contributed by atoms with Gasteiger partial charge in [0, 0.05) is 6.07 Å². The Kier molecular flexibility index (Phi) is 4.96. The minimum atomic E-state index is -0.941. The Labute approximate surface area is 109 Å². The summed E-state index contributed by atoms with van der Waals surface area (Å²) in [5, 5.41) is 19.4. The van der Waals surface area contributed by atoms with Gasteiger partial charge in [-0.2, -0.15) is 0 Å². The first kappa shape index (κ1) is 14.0. The highest BCUT2D eigenvalue weighted by molar-refractivity contribution is 6.33. The van der Waals surface area contributed by atoms with Crippen molar-refractivity contribution >= 4 is 34.9 Å². The number of hydrogen-bond acceptors (Lipinski definition) is 4. The summed E-state index contributed by atoms with van der Waals surface area (Å²) < 4.78 is 0. The molecule has 1 heterocycles. The lowest BCUT2D eigenvalue weighted by Gasteiger charge is -2.21. The molecule has 5 nitrogen and oxygen atoms in total. The maximum absolute atomic E-state index is 11.1. The van der Waals surface area contributed by atoms with Crippen LogP contribution in [0.25, 0.3) is 0 Å². The van der Waals surface area contributed by atoms with E-state index >= 15 is 0 Å². The van der Waals surface area contributed by atoms with Gasteiger partial charge in [0.05, 0.1) is 5.69 Å². The Hall–Kier alpha value is -1.07.